The molecule has 24 heavy (non-hydrogen) atoms. The number of methoxy groups -OCH3 is 1. The van der Waals surface area contributed by atoms with Crippen molar-refractivity contribution >= 4 is 21.8 Å². The first-order chi connectivity index (χ1) is 11.7. The van der Waals surface area contributed by atoms with Crippen LogP contribution < -0.4 is 10.3 Å². The summed E-state index contributed by atoms with van der Waals surface area (Å²) in [5.41, 5.74) is 4.72. The van der Waals surface area contributed by atoms with Crippen LogP contribution in [0, 0.1) is 6.92 Å². The van der Waals surface area contributed by atoms with Gasteiger partial charge in [-0.2, -0.15) is 0 Å². The fraction of sp³-hybridized carbons (Fsp3) is 0.100. The van der Waals surface area contributed by atoms with Crippen LogP contribution in [-0.4, -0.2) is 17.1 Å². The number of aryl methyl sites for hydroxylation is 1. The van der Waals surface area contributed by atoms with Crippen molar-refractivity contribution in [3.8, 4) is 16.9 Å². The Hall–Kier alpha value is -3.14. The Morgan fingerprint density at radius 3 is 2.71 bits per heavy atom. The average molecular weight is 316 g/mol. The highest BCUT2D eigenvalue weighted by Crippen LogP contribution is 2.34. The number of rotatable bonds is 2. The Balaban J connectivity index is 1.99. The van der Waals surface area contributed by atoms with Crippen LogP contribution in [0.4, 0.5) is 0 Å². The van der Waals surface area contributed by atoms with Gasteiger partial charge in [0.25, 0.3) is 0 Å². The second-order valence-corrected chi connectivity index (χ2v) is 5.79. The first kappa shape index (κ1) is 14.5. The molecule has 2 aromatic carbocycles. The van der Waals surface area contributed by atoms with Crippen molar-refractivity contribution in [1.29, 1.82) is 0 Å². The zero-order valence-corrected chi connectivity index (χ0v) is 13.5. The summed E-state index contributed by atoms with van der Waals surface area (Å²) in [5, 5.41) is 2.04. The van der Waals surface area contributed by atoms with Crippen LogP contribution >= 0.6 is 0 Å². The van der Waals surface area contributed by atoms with Crippen LogP contribution in [-0.2, 0) is 0 Å². The Bertz CT molecular complexity index is 1130. The largest absolute Gasteiger partial charge is 0.494 e. The molecule has 0 aliphatic carbocycles. The number of nitrogens with zero attached hydrogens (tertiary/aromatic N) is 1. The molecule has 1 N–H and O–H groups in total. The summed E-state index contributed by atoms with van der Waals surface area (Å²) in [6.45, 7) is 1.97. The van der Waals surface area contributed by atoms with Crippen molar-refractivity contribution in [2.45, 2.75) is 6.92 Å². The molecule has 0 bridgehead atoms. The topological polar surface area (TPSA) is 55.0 Å². The van der Waals surface area contributed by atoms with Gasteiger partial charge in [-0.3, -0.25) is 4.79 Å². The quantitative estimate of drug-likeness (QED) is 0.607. The fourth-order valence-electron chi connectivity index (χ4n) is 3.03. The summed E-state index contributed by atoms with van der Waals surface area (Å²) in [7, 11) is 1.66. The van der Waals surface area contributed by atoms with E-state index in [1.165, 1.54) is 0 Å². The summed E-state index contributed by atoms with van der Waals surface area (Å²) >= 11 is 0. The van der Waals surface area contributed by atoms with Crippen LogP contribution in [0.5, 0.6) is 5.75 Å². The third-order valence-corrected chi connectivity index (χ3v) is 4.21. The Morgan fingerprint density at radius 1 is 1.00 bits per heavy atom. The van der Waals surface area contributed by atoms with Crippen LogP contribution in [0.15, 0.2) is 59.4 Å². The van der Waals surface area contributed by atoms with Gasteiger partial charge in [-0.15, -0.1) is 0 Å². The van der Waals surface area contributed by atoms with Crippen molar-refractivity contribution in [1.82, 2.24) is 9.97 Å². The molecule has 0 aliphatic heterocycles. The molecule has 4 nitrogen and oxygen atoms in total. The van der Waals surface area contributed by atoms with Crippen LogP contribution in [0.25, 0.3) is 32.9 Å². The standard InChI is InChI=1S/C20H16N2O2/c1-12-3-6-16-15(7-9-18(24-2)20(16)21-12)13-4-8-17-14(11-13)5-10-19(23)22-17/h3-11H,1-2H3,(H,22,23). The molecule has 4 heteroatoms. The molecular formula is C20H16N2O2. The SMILES string of the molecule is COc1ccc(-c2ccc3[nH]c(=O)ccc3c2)c2ccc(C)nc12. The Kier molecular flexibility index (Phi) is 3.31. The van der Waals surface area contributed by atoms with E-state index in [4.69, 9.17) is 4.74 Å². The minimum Gasteiger partial charge on any atom is -0.494 e. The molecule has 4 aromatic rings. The van der Waals surface area contributed by atoms with Gasteiger partial charge < -0.3 is 9.72 Å². The van der Waals surface area contributed by atoms with Gasteiger partial charge in [0.15, 0.2) is 0 Å². The molecule has 0 atom stereocenters. The molecule has 118 valence electrons. The maximum atomic E-state index is 11.4. The summed E-state index contributed by atoms with van der Waals surface area (Å²) in [4.78, 5) is 18.9. The van der Waals surface area contributed by atoms with E-state index in [1.54, 1.807) is 13.2 Å². The number of fused-ring (bicyclic) bond motifs is 2. The smallest absolute Gasteiger partial charge is 0.248 e. The summed E-state index contributed by atoms with van der Waals surface area (Å²) in [5.74, 6) is 0.766. The van der Waals surface area contributed by atoms with E-state index < -0.39 is 0 Å². The number of hydrogen-bond donors (Lipinski definition) is 1. The highest BCUT2D eigenvalue weighted by atomic mass is 16.5. The lowest BCUT2D eigenvalue weighted by Crippen LogP contribution is -2.02. The predicted octanol–water partition coefficient (Wildman–Crippen LogP) is 4.06. The predicted molar refractivity (Wildman–Crippen MR) is 96.6 cm³/mol. The second-order valence-electron chi connectivity index (χ2n) is 5.79. The Morgan fingerprint density at radius 2 is 1.88 bits per heavy atom. The van der Waals surface area contributed by atoms with E-state index >= 15 is 0 Å². The average Bonchev–Trinajstić information content (AvgIpc) is 2.60. The molecule has 0 amide bonds. The maximum absolute atomic E-state index is 11.4. The second kappa shape index (κ2) is 5.49. The van der Waals surface area contributed by atoms with Gasteiger partial charge >= 0.3 is 0 Å². The fourth-order valence-corrected chi connectivity index (χ4v) is 3.03. The third kappa shape index (κ3) is 2.33. The number of ether oxygens (including phenoxy) is 1. The summed E-state index contributed by atoms with van der Waals surface area (Å²) < 4.78 is 5.45. The Labute approximate surface area is 138 Å². The van der Waals surface area contributed by atoms with Crippen LogP contribution in [0.3, 0.4) is 0 Å². The first-order valence-corrected chi connectivity index (χ1v) is 7.73. The first-order valence-electron chi connectivity index (χ1n) is 7.73. The van der Waals surface area contributed by atoms with Gasteiger partial charge in [-0.05, 0) is 59.8 Å². The minimum absolute atomic E-state index is 0.0928. The molecular weight excluding hydrogens is 300 g/mol. The number of benzene rings is 2. The number of H-pyrrole nitrogens is 1. The molecule has 0 saturated heterocycles. The molecule has 0 spiro atoms. The molecule has 2 heterocycles. The van der Waals surface area contributed by atoms with Gasteiger partial charge in [-0.1, -0.05) is 12.1 Å². The van der Waals surface area contributed by atoms with E-state index in [0.29, 0.717) is 0 Å². The van der Waals surface area contributed by atoms with Crippen molar-refractivity contribution in [2.24, 2.45) is 0 Å². The molecule has 0 fully saturated rings. The lowest BCUT2D eigenvalue weighted by atomic mass is 9.98. The van der Waals surface area contributed by atoms with E-state index in [0.717, 1.165) is 44.4 Å². The highest BCUT2D eigenvalue weighted by Gasteiger charge is 2.10. The van der Waals surface area contributed by atoms with Gasteiger partial charge in [0, 0.05) is 22.7 Å². The molecule has 4 rings (SSSR count). The number of aromatic nitrogens is 2. The molecule has 0 saturated carbocycles. The van der Waals surface area contributed by atoms with E-state index in [1.807, 2.05) is 43.3 Å². The lowest BCUT2D eigenvalue weighted by Gasteiger charge is -2.11. The number of hydrogen-bond acceptors (Lipinski definition) is 3. The van der Waals surface area contributed by atoms with Crippen molar-refractivity contribution < 1.29 is 4.74 Å². The molecule has 0 unspecified atom stereocenters. The monoisotopic (exact) mass is 316 g/mol. The van der Waals surface area contributed by atoms with Crippen molar-refractivity contribution in [2.75, 3.05) is 7.11 Å². The van der Waals surface area contributed by atoms with Gasteiger partial charge in [0.2, 0.25) is 5.56 Å². The zero-order valence-electron chi connectivity index (χ0n) is 13.5. The van der Waals surface area contributed by atoms with Crippen molar-refractivity contribution in [3.63, 3.8) is 0 Å². The number of nitrogens with one attached hydrogen (secondary N) is 1. The van der Waals surface area contributed by atoms with Gasteiger partial charge in [-0.25, -0.2) is 4.98 Å². The van der Waals surface area contributed by atoms with Crippen LogP contribution in [0.1, 0.15) is 5.69 Å². The van der Waals surface area contributed by atoms with E-state index in [2.05, 4.69) is 22.1 Å². The highest BCUT2D eigenvalue weighted by molar-refractivity contribution is 5.99. The lowest BCUT2D eigenvalue weighted by molar-refractivity contribution is 0.419. The molecule has 0 aliphatic rings. The molecule has 2 aromatic heterocycles. The summed E-state index contributed by atoms with van der Waals surface area (Å²) in [6.07, 6.45) is 0. The maximum Gasteiger partial charge on any atom is 0.248 e. The number of pyridine rings is 2. The molecule has 0 radical (unpaired) electrons. The number of aromatic amines is 1. The minimum atomic E-state index is -0.0928. The van der Waals surface area contributed by atoms with Gasteiger partial charge in [0.05, 0.1) is 7.11 Å². The third-order valence-electron chi connectivity index (χ3n) is 4.21. The van der Waals surface area contributed by atoms with E-state index in [-0.39, 0.29) is 5.56 Å². The van der Waals surface area contributed by atoms with Gasteiger partial charge in [0.1, 0.15) is 11.3 Å². The van der Waals surface area contributed by atoms with Crippen molar-refractivity contribution in [3.05, 3.63) is 70.6 Å². The van der Waals surface area contributed by atoms with E-state index in [9.17, 15) is 4.79 Å². The summed E-state index contributed by atoms with van der Waals surface area (Å²) in [6, 6.07) is 17.5. The zero-order chi connectivity index (χ0) is 16.7. The van der Waals surface area contributed by atoms with Crippen LogP contribution in [0.2, 0.25) is 0 Å². The normalized spacial score (nSPS) is 11.1.